The Balaban J connectivity index is 2.17. The zero-order valence-corrected chi connectivity index (χ0v) is 12.7. The highest BCUT2D eigenvalue weighted by molar-refractivity contribution is 9.10. The van der Waals surface area contributed by atoms with Crippen molar-refractivity contribution in [2.24, 2.45) is 0 Å². The van der Waals surface area contributed by atoms with Gasteiger partial charge in [0.1, 0.15) is 5.82 Å². The van der Waals surface area contributed by atoms with Gasteiger partial charge in [0, 0.05) is 22.9 Å². The van der Waals surface area contributed by atoms with Crippen LogP contribution in [-0.2, 0) is 4.74 Å². The van der Waals surface area contributed by atoms with Crippen LogP contribution >= 0.6 is 31.9 Å². The van der Waals surface area contributed by atoms with Crippen molar-refractivity contribution in [2.45, 2.75) is 6.10 Å². The minimum atomic E-state index is -0.495. The number of rotatable bonds is 2. The van der Waals surface area contributed by atoms with Crippen molar-refractivity contribution in [3.8, 4) is 0 Å². The fourth-order valence-electron chi connectivity index (χ4n) is 1.83. The lowest BCUT2D eigenvalue weighted by molar-refractivity contribution is -0.00982. The van der Waals surface area contributed by atoms with Crippen LogP contribution in [0.3, 0.4) is 0 Å². The fraction of sp³-hybridized carbons (Fsp3) is 0.417. The number of carbonyl (C=O) groups is 1. The molecular weight excluding hydrogens is 369 g/mol. The number of alkyl halides is 1. The Labute approximate surface area is 122 Å². The quantitative estimate of drug-likeness (QED) is 0.738. The molecule has 0 N–H and O–H groups in total. The van der Waals surface area contributed by atoms with E-state index in [-0.39, 0.29) is 17.6 Å². The summed E-state index contributed by atoms with van der Waals surface area (Å²) in [5.41, 5.74) is 0.0968. The van der Waals surface area contributed by atoms with Gasteiger partial charge in [0.05, 0.1) is 18.3 Å². The largest absolute Gasteiger partial charge is 0.374 e. The summed E-state index contributed by atoms with van der Waals surface area (Å²) in [6, 6.07) is 4.38. The van der Waals surface area contributed by atoms with Gasteiger partial charge in [-0.3, -0.25) is 4.79 Å². The van der Waals surface area contributed by atoms with Crippen molar-refractivity contribution in [3.63, 3.8) is 0 Å². The molecule has 2 rings (SSSR count). The molecule has 3 nitrogen and oxygen atoms in total. The number of ether oxygens (including phenoxy) is 1. The number of amides is 1. The van der Waals surface area contributed by atoms with Gasteiger partial charge in [-0.2, -0.15) is 0 Å². The summed E-state index contributed by atoms with van der Waals surface area (Å²) >= 11 is 6.57. The molecule has 0 radical (unpaired) electrons. The van der Waals surface area contributed by atoms with Crippen LogP contribution in [0.25, 0.3) is 0 Å². The van der Waals surface area contributed by atoms with Crippen LogP contribution in [-0.4, -0.2) is 41.9 Å². The van der Waals surface area contributed by atoms with Gasteiger partial charge < -0.3 is 9.64 Å². The third kappa shape index (κ3) is 3.10. The number of hydrogen-bond acceptors (Lipinski definition) is 2. The van der Waals surface area contributed by atoms with Gasteiger partial charge >= 0.3 is 0 Å². The average molecular weight is 381 g/mol. The summed E-state index contributed by atoms with van der Waals surface area (Å²) in [4.78, 5) is 13.9. The molecule has 1 fully saturated rings. The predicted octanol–water partition coefficient (Wildman–Crippen LogP) is 2.82. The van der Waals surface area contributed by atoms with Crippen molar-refractivity contribution in [3.05, 3.63) is 34.1 Å². The molecule has 0 bridgehead atoms. The summed E-state index contributed by atoms with van der Waals surface area (Å²) in [5, 5.41) is 0.664. The van der Waals surface area contributed by atoms with Gasteiger partial charge in [-0.25, -0.2) is 4.39 Å². The highest BCUT2D eigenvalue weighted by Gasteiger charge is 2.26. The van der Waals surface area contributed by atoms with E-state index < -0.39 is 5.82 Å². The number of morpholine rings is 1. The predicted molar refractivity (Wildman–Crippen MR) is 73.5 cm³/mol. The Morgan fingerprint density at radius 3 is 3.06 bits per heavy atom. The third-order valence-corrected chi connectivity index (χ3v) is 3.97. The zero-order valence-electron chi connectivity index (χ0n) is 9.54. The van der Waals surface area contributed by atoms with Crippen molar-refractivity contribution in [1.82, 2.24) is 4.90 Å². The number of carbonyl (C=O) groups excluding carboxylic acids is 1. The van der Waals surface area contributed by atoms with Gasteiger partial charge in [0.2, 0.25) is 0 Å². The van der Waals surface area contributed by atoms with E-state index >= 15 is 0 Å². The average Bonchev–Trinajstić information content (AvgIpc) is 2.41. The molecule has 6 heteroatoms. The first-order chi connectivity index (χ1) is 8.61. The fourth-order valence-corrected chi connectivity index (χ4v) is 2.58. The molecule has 1 heterocycles. The van der Waals surface area contributed by atoms with E-state index in [0.29, 0.717) is 29.5 Å². The number of hydrogen-bond donors (Lipinski definition) is 0. The zero-order chi connectivity index (χ0) is 13.1. The van der Waals surface area contributed by atoms with Crippen LogP contribution in [0.5, 0.6) is 0 Å². The summed E-state index contributed by atoms with van der Waals surface area (Å²) in [7, 11) is 0. The minimum absolute atomic E-state index is 0.0297. The SMILES string of the molecule is O=C(c1cc(Br)ccc1F)N1CCOC(CBr)C1. The second-order valence-corrected chi connectivity index (χ2v) is 5.59. The maximum Gasteiger partial charge on any atom is 0.257 e. The topological polar surface area (TPSA) is 29.5 Å². The highest BCUT2D eigenvalue weighted by atomic mass is 79.9. The lowest BCUT2D eigenvalue weighted by Gasteiger charge is -2.32. The molecule has 98 valence electrons. The van der Waals surface area contributed by atoms with Gasteiger partial charge in [-0.1, -0.05) is 31.9 Å². The first-order valence-electron chi connectivity index (χ1n) is 5.53. The summed E-state index contributed by atoms with van der Waals surface area (Å²) in [6.07, 6.45) is -0.0297. The van der Waals surface area contributed by atoms with Crippen molar-refractivity contribution < 1.29 is 13.9 Å². The Bertz CT molecular complexity index is 456. The van der Waals surface area contributed by atoms with E-state index in [1.807, 2.05) is 0 Å². The highest BCUT2D eigenvalue weighted by Crippen LogP contribution is 2.19. The molecule has 18 heavy (non-hydrogen) atoms. The number of nitrogens with zero attached hydrogens (tertiary/aromatic N) is 1. The van der Waals surface area contributed by atoms with Gasteiger partial charge in [-0.05, 0) is 18.2 Å². The van der Waals surface area contributed by atoms with Gasteiger partial charge in [-0.15, -0.1) is 0 Å². The Kier molecular flexibility index (Phi) is 4.75. The number of halogens is 3. The number of benzene rings is 1. The second-order valence-electron chi connectivity index (χ2n) is 4.02. The standard InChI is InChI=1S/C12H12Br2FNO2/c13-6-9-7-16(3-4-18-9)12(17)10-5-8(14)1-2-11(10)15/h1-2,5,9H,3-4,6-7H2. The van der Waals surface area contributed by atoms with Crippen LogP contribution in [0.4, 0.5) is 4.39 Å². The molecule has 1 aromatic carbocycles. The lowest BCUT2D eigenvalue weighted by atomic mass is 10.1. The molecule has 1 saturated heterocycles. The van der Waals surface area contributed by atoms with Gasteiger partial charge in [0.15, 0.2) is 0 Å². The van der Waals surface area contributed by atoms with Gasteiger partial charge in [0.25, 0.3) is 5.91 Å². The first kappa shape index (κ1) is 14.0. The van der Waals surface area contributed by atoms with E-state index in [1.54, 1.807) is 11.0 Å². The Morgan fingerprint density at radius 2 is 2.33 bits per heavy atom. The monoisotopic (exact) mass is 379 g/mol. The van der Waals surface area contributed by atoms with E-state index in [4.69, 9.17) is 4.74 Å². The van der Waals surface area contributed by atoms with Crippen LogP contribution in [0.1, 0.15) is 10.4 Å². The molecule has 0 aliphatic carbocycles. The van der Waals surface area contributed by atoms with Crippen LogP contribution in [0.2, 0.25) is 0 Å². The molecule has 1 aromatic rings. The molecule has 0 spiro atoms. The van der Waals surface area contributed by atoms with E-state index in [9.17, 15) is 9.18 Å². The maximum absolute atomic E-state index is 13.6. The molecule has 1 atom stereocenters. The smallest absolute Gasteiger partial charge is 0.257 e. The summed E-state index contributed by atoms with van der Waals surface area (Å²) in [5.74, 6) is -0.784. The third-order valence-electron chi connectivity index (χ3n) is 2.76. The van der Waals surface area contributed by atoms with E-state index in [1.165, 1.54) is 12.1 Å². The molecule has 0 saturated carbocycles. The second kappa shape index (κ2) is 6.12. The Morgan fingerprint density at radius 1 is 1.56 bits per heavy atom. The molecule has 1 unspecified atom stereocenters. The Hall–Kier alpha value is -0.460. The minimum Gasteiger partial charge on any atom is -0.374 e. The van der Waals surface area contributed by atoms with Crippen molar-refractivity contribution >= 4 is 37.8 Å². The van der Waals surface area contributed by atoms with Crippen LogP contribution in [0, 0.1) is 5.82 Å². The molecule has 1 aliphatic rings. The molecule has 1 aliphatic heterocycles. The molecule has 1 amide bonds. The summed E-state index contributed by atoms with van der Waals surface area (Å²) in [6.45, 7) is 1.46. The van der Waals surface area contributed by atoms with E-state index in [2.05, 4.69) is 31.9 Å². The van der Waals surface area contributed by atoms with Crippen LogP contribution in [0.15, 0.2) is 22.7 Å². The van der Waals surface area contributed by atoms with Crippen molar-refractivity contribution in [2.75, 3.05) is 25.0 Å². The summed E-state index contributed by atoms with van der Waals surface area (Å²) < 4.78 is 19.8. The maximum atomic E-state index is 13.6. The van der Waals surface area contributed by atoms with Crippen LogP contribution < -0.4 is 0 Å². The molecular formula is C12H12Br2FNO2. The lowest BCUT2D eigenvalue weighted by Crippen LogP contribution is -2.46. The normalized spacial score (nSPS) is 19.9. The van der Waals surface area contributed by atoms with E-state index in [0.717, 1.165) is 0 Å². The first-order valence-corrected chi connectivity index (χ1v) is 7.45. The molecule has 0 aromatic heterocycles. The van der Waals surface area contributed by atoms with Crippen molar-refractivity contribution in [1.29, 1.82) is 0 Å².